The van der Waals surface area contributed by atoms with Crippen LogP contribution in [0.1, 0.15) is 69.6 Å². The Kier molecular flexibility index (Phi) is 4.37. The molecule has 1 saturated heterocycles. The Morgan fingerprint density at radius 1 is 1.24 bits per heavy atom. The van der Waals surface area contributed by atoms with E-state index < -0.39 is 0 Å². The van der Waals surface area contributed by atoms with Crippen LogP contribution in [0.15, 0.2) is 24.3 Å². The molecule has 116 valence electrons. The van der Waals surface area contributed by atoms with Gasteiger partial charge < -0.3 is 10.1 Å². The minimum Gasteiger partial charge on any atom is -0.364 e. The first-order chi connectivity index (χ1) is 10.1. The third-order valence-electron chi connectivity index (χ3n) is 5.19. The van der Waals surface area contributed by atoms with E-state index in [9.17, 15) is 0 Å². The molecular formula is C19H29NO. The zero-order valence-electron chi connectivity index (χ0n) is 13.7. The van der Waals surface area contributed by atoms with Gasteiger partial charge in [0.1, 0.15) is 0 Å². The van der Waals surface area contributed by atoms with Crippen LogP contribution < -0.4 is 5.32 Å². The highest BCUT2D eigenvalue weighted by molar-refractivity contribution is 5.27. The van der Waals surface area contributed by atoms with Crippen molar-refractivity contribution < 1.29 is 4.74 Å². The fourth-order valence-corrected chi connectivity index (χ4v) is 3.98. The number of hydrogen-bond donors (Lipinski definition) is 1. The molecule has 1 N–H and O–H groups in total. The lowest BCUT2D eigenvalue weighted by Gasteiger charge is -2.46. The van der Waals surface area contributed by atoms with Crippen LogP contribution in [-0.4, -0.2) is 18.7 Å². The highest BCUT2D eigenvalue weighted by Crippen LogP contribution is 2.40. The van der Waals surface area contributed by atoms with Gasteiger partial charge in [-0.3, -0.25) is 0 Å². The fourth-order valence-electron chi connectivity index (χ4n) is 3.98. The zero-order valence-corrected chi connectivity index (χ0v) is 13.7. The Balaban J connectivity index is 1.73. The monoisotopic (exact) mass is 287 g/mol. The van der Waals surface area contributed by atoms with Gasteiger partial charge in [0.25, 0.3) is 0 Å². The highest BCUT2D eigenvalue weighted by Gasteiger charge is 2.40. The second-order valence-electron chi connectivity index (χ2n) is 7.44. The summed E-state index contributed by atoms with van der Waals surface area (Å²) >= 11 is 0. The van der Waals surface area contributed by atoms with Gasteiger partial charge in [0.2, 0.25) is 0 Å². The van der Waals surface area contributed by atoms with E-state index in [0.29, 0.717) is 5.92 Å². The number of rotatable bonds is 2. The van der Waals surface area contributed by atoms with Gasteiger partial charge in [0, 0.05) is 13.1 Å². The van der Waals surface area contributed by atoms with Gasteiger partial charge in [0.05, 0.1) is 11.7 Å². The molecule has 1 aliphatic heterocycles. The van der Waals surface area contributed by atoms with Crippen molar-refractivity contribution in [3.63, 3.8) is 0 Å². The van der Waals surface area contributed by atoms with Gasteiger partial charge in [-0.05, 0) is 35.8 Å². The third kappa shape index (κ3) is 3.32. The van der Waals surface area contributed by atoms with Gasteiger partial charge in [-0.1, -0.05) is 57.9 Å². The van der Waals surface area contributed by atoms with E-state index in [4.69, 9.17) is 4.74 Å². The maximum absolute atomic E-state index is 6.61. The first-order valence-electron chi connectivity index (χ1n) is 8.56. The number of benzene rings is 1. The SMILES string of the molecule is CC1CCCC2(CNCC(c3ccc(C(C)C)cc3)O2)C1. The third-order valence-corrected chi connectivity index (χ3v) is 5.19. The Bertz CT molecular complexity index is 463. The molecule has 2 aliphatic rings. The smallest absolute Gasteiger partial charge is 0.0957 e. The van der Waals surface area contributed by atoms with Gasteiger partial charge in [-0.25, -0.2) is 0 Å². The summed E-state index contributed by atoms with van der Waals surface area (Å²) in [5, 5.41) is 3.63. The van der Waals surface area contributed by atoms with Gasteiger partial charge in [-0.15, -0.1) is 0 Å². The number of nitrogens with one attached hydrogen (secondary N) is 1. The normalized spacial score (nSPS) is 33.5. The molecule has 1 heterocycles. The number of ether oxygens (including phenoxy) is 1. The van der Waals surface area contributed by atoms with Crippen LogP contribution in [-0.2, 0) is 4.74 Å². The van der Waals surface area contributed by atoms with Crippen molar-refractivity contribution in [1.29, 1.82) is 0 Å². The second kappa shape index (κ2) is 6.10. The topological polar surface area (TPSA) is 21.3 Å². The zero-order chi connectivity index (χ0) is 14.9. The van der Waals surface area contributed by atoms with Crippen molar-refractivity contribution in [2.24, 2.45) is 5.92 Å². The quantitative estimate of drug-likeness (QED) is 0.869. The number of morpholine rings is 1. The van der Waals surface area contributed by atoms with E-state index in [0.717, 1.165) is 19.0 Å². The van der Waals surface area contributed by atoms with Gasteiger partial charge >= 0.3 is 0 Å². The lowest BCUT2D eigenvalue weighted by atomic mass is 9.77. The predicted octanol–water partition coefficient (Wildman–Crippen LogP) is 4.42. The van der Waals surface area contributed by atoms with Crippen LogP contribution in [0.4, 0.5) is 0 Å². The average Bonchev–Trinajstić information content (AvgIpc) is 2.47. The molecule has 1 aromatic carbocycles. The van der Waals surface area contributed by atoms with Crippen molar-refractivity contribution in [2.75, 3.05) is 13.1 Å². The Morgan fingerprint density at radius 3 is 2.67 bits per heavy atom. The van der Waals surface area contributed by atoms with E-state index in [1.165, 1.54) is 36.8 Å². The summed E-state index contributed by atoms with van der Waals surface area (Å²) in [4.78, 5) is 0. The minimum atomic E-state index is 0.0807. The lowest BCUT2D eigenvalue weighted by molar-refractivity contribution is -0.143. The van der Waals surface area contributed by atoms with E-state index in [1.807, 2.05) is 0 Å². The first-order valence-corrected chi connectivity index (χ1v) is 8.56. The van der Waals surface area contributed by atoms with Gasteiger partial charge in [-0.2, -0.15) is 0 Å². The van der Waals surface area contributed by atoms with E-state index in [-0.39, 0.29) is 11.7 Å². The molecule has 2 heteroatoms. The molecule has 0 amide bonds. The minimum absolute atomic E-state index is 0.0807. The van der Waals surface area contributed by atoms with Crippen LogP contribution in [0, 0.1) is 5.92 Å². The number of hydrogen-bond acceptors (Lipinski definition) is 2. The molecular weight excluding hydrogens is 258 g/mol. The Labute approximate surface area is 129 Å². The molecule has 1 aliphatic carbocycles. The van der Waals surface area contributed by atoms with Crippen molar-refractivity contribution in [3.05, 3.63) is 35.4 Å². The lowest BCUT2D eigenvalue weighted by Crippen LogP contribution is -2.52. The molecule has 3 rings (SSSR count). The predicted molar refractivity (Wildman–Crippen MR) is 87.6 cm³/mol. The summed E-state index contributed by atoms with van der Waals surface area (Å²) in [6.07, 6.45) is 5.30. The van der Waals surface area contributed by atoms with E-state index in [1.54, 1.807) is 0 Å². The summed E-state index contributed by atoms with van der Waals surface area (Å²) in [5.74, 6) is 1.39. The molecule has 21 heavy (non-hydrogen) atoms. The maximum Gasteiger partial charge on any atom is 0.0957 e. The second-order valence-corrected chi connectivity index (χ2v) is 7.44. The van der Waals surface area contributed by atoms with Crippen LogP contribution in [0.25, 0.3) is 0 Å². The molecule has 0 radical (unpaired) electrons. The van der Waals surface area contributed by atoms with Crippen LogP contribution in [0.2, 0.25) is 0 Å². The molecule has 1 spiro atoms. The Morgan fingerprint density at radius 2 is 2.00 bits per heavy atom. The first kappa shape index (κ1) is 15.1. The maximum atomic E-state index is 6.61. The molecule has 3 atom stereocenters. The molecule has 0 bridgehead atoms. The van der Waals surface area contributed by atoms with Crippen molar-refractivity contribution in [3.8, 4) is 0 Å². The van der Waals surface area contributed by atoms with Crippen LogP contribution in [0.3, 0.4) is 0 Å². The van der Waals surface area contributed by atoms with Crippen molar-refractivity contribution in [1.82, 2.24) is 5.32 Å². The summed E-state index contributed by atoms with van der Waals surface area (Å²) in [7, 11) is 0. The van der Waals surface area contributed by atoms with Crippen molar-refractivity contribution in [2.45, 2.75) is 64.1 Å². The molecule has 2 fully saturated rings. The molecule has 3 unspecified atom stereocenters. The van der Waals surface area contributed by atoms with Crippen LogP contribution >= 0.6 is 0 Å². The van der Waals surface area contributed by atoms with E-state index in [2.05, 4.69) is 50.4 Å². The molecule has 0 aromatic heterocycles. The highest BCUT2D eigenvalue weighted by atomic mass is 16.5. The van der Waals surface area contributed by atoms with Crippen LogP contribution in [0.5, 0.6) is 0 Å². The summed E-state index contributed by atoms with van der Waals surface area (Å²) < 4.78 is 6.61. The molecule has 1 saturated carbocycles. The fraction of sp³-hybridized carbons (Fsp3) is 0.684. The summed E-state index contributed by atoms with van der Waals surface area (Å²) in [5.41, 5.74) is 2.81. The Hall–Kier alpha value is -0.860. The van der Waals surface area contributed by atoms with Gasteiger partial charge in [0.15, 0.2) is 0 Å². The largest absolute Gasteiger partial charge is 0.364 e. The summed E-state index contributed by atoms with van der Waals surface area (Å²) in [6, 6.07) is 9.03. The standard InChI is InChI=1S/C19H29NO/c1-14(2)16-6-8-17(9-7-16)18-12-20-13-19(21-18)10-4-5-15(3)11-19/h6-9,14-15,18,20H,4-5,10-13H2,1-3H3. The molecule has 1 aromatic rings. The average molecular weight is 287 g/mol. The van der Waals surface area contributed by atoms with E-state index >= 15 is 0 Å². The van der Waals surface area contributed by atoms with Crippen molar-refractivity contribution >= 4 is 0 Å². The summed E-state index contributed by atoms with van der Waals surface area (Å²) in [6.45, 7) is 8.82. The molecule has 2 nitrogen and oxygen atoms in total.